The summed E-state index contributed by atoms with van der Waals surface area (Å²) in [4.78, 5) is 15.1. The molecule has 0 aliphatic rings. The first kappa shape index (κ1) is 28.0. The van der Waals surface area contributed by atoms with E-state index >= 15 is 0 Å². The molecule has 0 bridgehead atoms. The van der Waals surface area contributed by atoms with E-state index in [0.717, 1.165) is 28.9 Å². The number of rotatable bonds is 10. The zero-order valence-electron chi connectivity index (χ0n) is 20.1. The number of hydrogen-bond acceptors (Lipinski definition) is 5. The fraction of sp³-hybridized carbons (Fsp3) is 0.360. The predicted molar refractivity (Wildman–Crippen MR) is 134 cm³/mol. The Morgan fingerprint density at radius 3 is 2.33 bits per heavy atom. The summed E-state index contributed by atoms with van der Waals surface area (Å²) in [6, 6.07) is 13.8. The first-order valence-electron chi connectivity index (χ1n) is 11.3. The van der Waals surface area contributed by atoms with Crippen LogP contribution in [0.2, 0.25) is 5.02 Å². The number of carbonyl (C=O) groups is 1. The highest BCUT2D eigenvalue weighted by atomic mass is 35.5. The van der Waals surface area contributed by atoms with Crippen molar-refractivity contribution in [1.29, 1.82) is 0 Å². The maximum atomic E-state index is 13.5. The van der Waals surface area contributed by atoms with Crippen molar-refractivity contribution in [3.8, 4) is 22.4 Å². The van der Waals surface area contributed by atoms with E-state index in [9.17, 15) is 22.5 Å². The second kappa shape index (κ2) is 12.1. The van der Waals surface area contributed by atoms with Crippen molar-refractivity contribution in [2.24, 2.45) is 0 Å². The van der Waals surface area contributed by atoms with E-state index in [1.165, 1.54) is 0 Å². The van der Waals surface area contributed by atoms with E-state index in [4.69, 9.17) is 16.3 Å². The van der Waals surface area contributed by atoms with Gasteiger partial charge < -0.3 is 14.2 Å². The van der Waals surface area contributed by atoms with Gasteiger partial charge in [-0.1, -0.05) is 61.8 Å². The minimum absolute atomic E-state index is 0.0281. The van der Waals surface area contributed by atoms with Gasteiger partial charge in [-0.2, -0.15) is 18.3 Å². The third kappa shape index (κ3) is 6.82. The Morgan fingerprint density at radius 1 is 1.11 bits per heavy atom. The molecule has 0 saturated carbocycles. The SMILES string of the molecule is CCN(CC)CCOC(=O)Cn1nc(C(F)(F)F)c(Cl)c1-c1ccc(-c2cccc([S+](C)[O-])c2)cc1. The van der Waals surface area contributed by atoms with Crippen LogP contribution in [0.3, 0.4) is 0 Å². The van der Waals surface area contributed by atoms with E-state index in [1.54, 1.807) is 48.7 Å². The quantitative estimate of drug-likeness (QED) is 0.250. The highest BCUT2D eigenvalue weighted by molar-refractivity contribution is 7.90. The van der Waals surface area contributed by atoms with Crippen molar-refractivity contribution >= 4 is 28.7 Å². The average molecular weight is 542 g/mol. The number of esters is 1. The number of carbonyl (C=O) groups excluding carboxylic acids is 1. The zero-order valence-corrected chi connectivity index (χ0v) is 21.7. The third-order valence-electron chi connectivity index (χ3n) is 5.66. The van der Waals surface area contributed by atoms with E-state index in [1.807, 2.05) is 19.9 Å². The second-order valence-electron chi connectivity index (χ2n) is 7.97. The predicted octanol–water partition coefficient (Wildman–Crippen LogP) is 5.51. The van der Waals surface area contributed by atoms with Gasteiger partial charge in [0.1, 0.15) is 19.4 Å². The highest BCUT2D eigenvalue weighted by Gasteiger charge is 2.39. The van der Waals surface area contributed by atoms with Crippen LogP contribution in [0.25, 0.3) is 22.4 Å². The van der Waals surface area contributed by atoms with Gasteiger partial charge in [-0.3, -0.25) is 9.48 Å². The number of nitrogens with zero attached hydrogens (tertiary/aromatic N) is 3. The fourth-order valence-electron chi connectivity index (χ4n) is 3.68. The number of halogens is 4. The Balaban J connectivity index is 1.88. The van der Waals surface area contributed by atoms with Crippen LogP contribution in [-0.4, -0.2) is 57.7 Å². The molecule has 3 rings (SSSR count). The zero-order chi connectivity index (χ0) is 26.5. The lowest BCUT2D eigenvalue weighted by Gasteiger charge is -2.17. The van der Waals surface area contributed by atoms with Gasteiger partial charge in [0.2, 0.25) is 0 Å². The summed E-state index contributed by atoms with van der Waals surface area (Å²) >= 11 is 4.98. The molecule has 11 heteroatoms. The highest BCUT2D eigenvalue weighted by Crippen LogP contribution is 2.40. The Hall–Kier alpha value is -2.53. The molecule has 0 saturated heterocycles. The molecule has 6 nitrogen and oxygen atoms in total. The lowest BCUT2D eigenvalue weighted by Crippen LogP contribution is -2.28. The van der Waals surface area contributed by atoms with Gasteiger partial charge in [0.05, 0.1) is 10.7 Å². The molecule has 1 unspecified atom stereocenters. The summed E-state index contributed by atoms with van der Waals surface area (Å²) in [5.41, 5.74) is 0.650. The number of ether oxygens (including phenoxy) is 1. The van der Waals surface area contributed by atoms with Gasteiger partial charge in [-0.15, -0.1) is 0 Å². The van der Waals surface area contributed by atoms with Gasteiger partial charge in [0.15, 0.2) is 10.6 Å². The molecule has 0 aliphatic heterocycles. The van der Waals surface area contributed by atoms with Crippen LogP contribution in [0.15, 0.2) is 53.4 Å². The van der Waals surface area contributed by atoms with Gasteiger partial charge in [-0.25, -0.2) is 0 Å². The molecule has 36 heavy (non-hydrogen) atoms. The summed E-state index contributed by atoms with van der Waals surface area (Å²) in [6.45, 7) is 5.66. The Labute approximate surface area is 216 Å². The molecule has 0 radical (unpaired) electrons. The van der Waals surface area contributed by atoms with Crippen LogP contribution in [0, 0.1) is 0 Å². The summed E-state index contributed by atoms with van der Waals surface area (Å²) in [7, 11) is 0. The van der Waals surface area contributed by atoms with Crippen LogP contribution in [-0.2, 0) is 33.4 Å². The van der Waals surface area contributed by atoms with Crippen molar-refractivity contribution in [3.63, 3.8) is 0 Å². The second-order valence-corrected chi connectivity index (χ2v) is 9.73. The van der Waals surface area contributed by atoms with Crippen LogP contribution >= 0.6 is 11.6 Å². The maximum absolute atomic E-state index is 13.5. The Kier molecular flexibility index (Phi) is 9.46. The fourth-order valence-corrected chi connectivity index (χ4v) is 4.60. The topological polar surface area (TPSA) is 70.4 Å². The van der Waals surface area contributed by atoms with E-state index in [-0.39, 0.29) is 12.3 Å². The number of alkyl halides is 3. The monoisotopic (exact) mass is 541 g/mol. The normalized spacial score (nSPS) is 12.7. The summed E-state index contributed by atoms with van der Waals surface area (Å²) in [6.07, 6.45) is -3.21. The van der Waals surface area contributed by atoms with Gasteiger partial charge in [0, 0.05) is 18.2 Å². The van der Waals surface area contributed by atoms with E-state index in [0.29, 0.717) is 17.0 Å². The minimum Gasteiger partial charge on any atom is -0.612 e. The van der Waals surface area contributed by atoms with Crippen LogP contribution in [0.4, 0.5) is 13.2 Å². The van der Waals surface area contributed by atoms with Crippen molar-refractivity contribution < 1.29 is 27.3 Å². The first-order chi connectivity index (χ1) is 17.0. The molecule has 1 aromatic heterocycles. The Bertz CT molecular complexity index is 1180. The number of likely N-dealkylation sites (N-methyl/N-ethyl adjacent to an activating group) is 1. The molecule has 0 N–H and O–H groups in total. The van der Waals surface area contributed by atoms with E-state index < -0.39 is 40.6 Å². The number of benzene rings is 2. The van der Waals surface area contributed by atoms with Crippen molar-refractivity contribution in [2.45, 2.75) is 31.5 Å². The summed E-state index contributed by atoms with van der Waals surface area (Å²) < 4.78 is 58.6. The lowest BCUT2D eigenvalue weighted by molar-refractivity contribution is -0.146. The standard InChI is InChI=1S/C25H27ClF3N3O3S/c1-4-31(5-2)13-14-35-21(33)16-32-23(22(26)24(30-32)25(27,28)29)18-11-9-17(10-12-18)19-7-6-8-20(15-19)36(3)34/h6-12,15H,4-5,13-14,16H2,1-3H3. The molecule has 0 amide bonds. The summed E-state index contributed by atoms with van der Waals surface area (Å²) in [5.74, 6) is -0.711. The molecule has 0 fully saturated rings. The molecule has 0 spiro atoms. The molecule has 194 valence electrons. The molecule has 3 aromatic rings. The third-order valence-corrected chi connectivity index (χ3v) is 6.94. The Morgan fingerprint density at radius 2 is 1.75 bits per heavy atom. The number of aromatic nitrogens is 2. The van der Waals surface area contributed by atoms with Crippen molar-refractivity contribution in [2.75, 3.05) is 32.5 Å². The lowest BCUT2D eigenvalue weighted by atomic mass is 10.0. The summed E-state index contributed by atoms with van der Waals surface area (Å²) in [5, 5.41) is 3.01. The first-order valence-corrected chi connectivity index (χ1v) is 13.2. The minimum atomic E-state index is -4.79. The molecule has 1 atom stereocenters. The van der Waals surface area contributed by atoms with Gasteiger partial charge >= 0.3 is 12.1 Å². The molecular weight excluding hydrogens is 515 g/mol. The molecule has 1 heterocycles. The molecule has 0 aliphatic carbocycles. The van der Waals surface area contributed by atoms with Gasteiger partial charge in [0.25, 0.3) is 0 Å². The van der Waals surface area contributed by atoms with Gasteiger partial charge in [-0.05, 0) is 41.5 Å². The van der Waals surface area contributed by atoms with Crippen LogP contribution < -0.4 is 0 Å². The van der Waals surface area contributed by atoms with Crippen molar-refractivity contribution in [3.05, 3.63) is 59.2 Å². The molecule has 2 aromatic carbocycles. The average Bonchev–Trinajstić information content (AvgIpc) is 3.18. The van der Waals surface area contributed by atoms with Crippen LogP contribution in [0.5, 0.6) is 0 Å². The molecular formula is C25H27ClF3N3O3S. The largest absolute Gasteiger partial charge is 0.612 e. The van der Waals surface area contributed by atoms with Crippen LogP contribution in [0.1, 0.15) is 19.5 Å². The maximum Gasteiger partial charge on any atom is 0.436 e. The number of hydrogen-bond donors (Lipinski definition) is 0. The van der Waals surface area contributed by atoms with Crippen molar-refractivity contribution in [1.82, 2.24) is 14.7 Å². The smallest absolute Gasteiger partial charge is 0.436 e. The van der Waals surface area contributed by atoms with E-state index in [2.05, 4.69) is 10.00 Å².